The minimum Gasteiger partial charge on any atom is -0.481 e. The van der Waals surface area contributed by atoms with E-state index in [0.29, 0.717) is 12.0 Å². The van der Waals surface area contributed by atoms with E-state index < -0.39 is 28.0 Å². The third-order valence-electron chi connectivity index (χ3n) is 4.01. The fraction of sp³-hybridized carbons (Fsp3) is 0.300. The van der Waals surface area contributed by atoms with Crippen LogP contribution in [-0.4, -0.2) is 38.1 Å². The number of carboxylic acid groups (broad SMARTS) is 1. The van der Waals surface area contributed by atoms with Crippen LogP contribution in [0.5, 0.6) is 0 Å². The highest BCUT2D eigenvalue weighted by Gasteiger charge is 2.22. The van der Waals surface area contributed by atoms with Gasteiger partial charge in [0.2, 0.25) is 10.0 Å². The van der Waals surface area contributed by atoms with Crippen molar-refractivity contribution in [1.29, 1.82) is 0 Å². The number of hydrogen-bond acceptors (Lipinski definition) is 5. The van der Waals surface area contributed by atoms with Gasteiger partial charge in [-0.25, -0.2) is 17.9 Å². The second kappa shape index (κ2) is 10.0. The summed E-state index contributed by atoms with van der Waals surface area (Å²) in [5.74, 6) is -1.59. The lowest BCUT2D eigenvalue weighted by molar-refractivity contribution is -0.137. The Balaban J connectivity index is 1.91. The molecule has 0 spiro atoms. The Bertz CT molecular complexity index is 894. The van der Waals surface area contributed by atoms with E-state index >= 15 is 0 Å². The molecule has 0 bridgehead atoms. The van der Waals surface area contributed by atoms with Crippen molar-refractivity contribution in [1.82, 2.24) is 4.72 Å². The molecule has 2 aromatic carbocycles. The van der Waals surface area contributed by atoms with E-state index in [1.807, 2.05) is 6.92 Å². The van der Waals surface area contributed by atoms with Crippen LogP contribution in [0, 0.1) is 6.92 Å². The third kappa shape index (κ3) is 6.79. The Hall–Kier alpha value is -2.71. The molecule has 0 aromatic heterocycles. The molecular weight excluding hydrogens is 382 g/mol. The van der Waals surface area contributed by atoms with Gasteiger partial charge >= 0.3 is 11.9 Å². The Labute approximate surface area is 164 Å². The number of ether oxygens (including phenoxy) is 1. The lowest BCUT2D eigenvalue weighted by Gasteiger charge is -2.17. The summed E-state index contributed by atoms with van der Waals surface area (Å²) in [6, 6.07) is 14.0. The first-order valence-electron chi connectivity index (χ1n) is 8.81. The number of sulfonamides is 1. The molecule has 28 heavy (non-hydrogen) atoms. The van der Waals surface area contributed by atoms with E-state index in [1.165, 1.54) is 12.1 Å². The van der Waals surface area contributed by atoms with Crippen LogP contribution < -0.4 is 4.72 Å². The number of hydrogen-bond donors (Lipinski definition) is 2. The summed E-state index contributed by atoms with van der Waals surface area (Å²) in [6.45, 7) is 1.91. The average molecular weight is 405 g/mol. The van der Waals surface area contributed by atoms with E-state index in [-0.39, 0.29) is 24.3 Å². The first-order valence-corrected chi connectivity index (χ1v) is 10.3. The topological polar surface area (TPSA) is 110 Å². The summed E-state index contributed by atoms with van der Waals surface area (Å²) >= 11 is 0. The third-order valence-corrected chi connectivity index (χ3v) is 5.55. The summed E-state index contributed by atoms with van der Waals surface area (Å²) in [6.07, 6.45) is 0.185. The Morgan fingerprint density at radius 3 is 2.32 bits per heavy atom. The van der Waals surface area contributed by atoms with Crippen LogP contribution in [0.1, 0.15) is 35.2 Å². The molecule has 150 valence electrons. The van der Waals surface area contributed by atoms with Crippen molar-refractivity contribution >= 4 is 22.0 Å². The van der Waals surface area contributed by atoms with Crippen molar-refractivity contribution in [3.63, 3.8) is 0 Å². The number of benzene rings is 2. The molecule has 2 rings (SSSR count). The molecule has 1 atom stereocenters. The SMILES string of the molecule is Cc1ccc(S(=O)(=O)NC(CCCOC(=O)c2ccccc2)CC(=O)O)cc1. The van der Waals surface area contributed by atoms with Crippen molar-refractivity contribution in [3.8, 4) is 0 Å². The summed E-state index contributed by atoms with van der Waals surface area (Å²) in [4.78, 5) is 23.0. The van der Waals surface area contributed by atoms with Gasteiger partial charge in [0.1, 0.15) is 0 Å². The van der Waals surface area contributed by atoms with Gasteiger partial charge in [-0.15, -0.1) is 0 Å². The number of aliphatic carboxylic acids is 1. The average Bonchev–Trinajstić information content (AvgIpc) is 2.65. The zero-order valence-electron chi connectivity index (χ0n) is 15.5. The molecule has 0 aliphatic rings. The van der Waals surface area contributed by atoms with Crippen LogP contribution >= 0.6 is 0 Å². The van der Waals surface area contributed by atoms with Crippen molar-refractivity contribution in [3.05, 3.63) is 65.7 Å². The zero-order valence-corrected chi connectivity index (χ0v) is 16.3. The standard InChI is InChI=1S/C20H23NO6S/c1-15-9-11-18(12-10-15)28(25,26)21-17(14-19(22)23)8-5-13-27-20(24)16-6-3-2-4-7-16/h2-4,6-7,9-12,17,21H,5,8,13-14H2,1H3,(H,22,23). The van der Waals surface area contributed by atoms with E-state index in [2.05, 4.69) is 4.72 Å². The number of nitrogens with one attached hydrogen (secondary N) is 1. The molecule has 7 nitrogen and oxygen atoms in total. The predicted octanol–water partition coefficient (Wildman–Crippen LogP) is 2.75. The highest BCUT2D eigenvalue weighted by atomic mass is 32.2. The molecule has 0 aliphatic heterocycles. The fourth-order valence-electron chi connectivity index (χ4n) is 2.57. The molecule has 0 heterocycles. The van der Waals surface area contributed by atoms with Crippen molar-refractivity contribution in [2.45, 2.75) is 37.1 Å². The van der Waals surface area contributed by atoms with Crippen LogP contribution in [0.15, 0.2) is 59.5 Å². The minimum atomic E-state index is -3.84. The fourth-order valence-corrected chi connectivity index (χ4v) is 3.84. The lowest BCUT2D eigenvalue weighted by Crippen LogP contribution is -2.36. The minimum absolute atomic E-state index is 0.0656. The first kappa shape index (κ1) is 21.6. The lowest BCUT2D eigenvalue weighted by atomic mass is 10.1. The quantitative estimate of drug-likeness (QED) is 0.465. The number of carbonyl (C=O) groups is 2. The van der Waals surface area contributed by atoms with Crippen molar-refractivity contribution < 1.29 is 27.9 Å². The second-order valence-corrected chi connectivity index (χ2v) is 8.09. The number of carboxylic acids is 1. The smallest absolute Gasteiger partial charge is 0.338 e. The van der Waals surface area contributed by atoms with Crippen molar-refractivity contribution in [2.24, 2.45) is 0 Å². The van der Waals surface area contributed by atoms with Crippen LogP contribution in [0.2, 0.25) is 0 Å². The molecule has 0 radical (unpaired) electrons. The highest BCUT2D eigenvalue weighted by Crippen LogP contribution is 2.13. The molecule has 2 aromatic rings. The van der Waals surface area contributed by atoms with Crippen molar-refractivity contribution in [2.75, 3.05) is 6.61 Å². The predicted molar refractivity (Wildman–Crippen MR) is 103 cm³/mol. The molecule has 8 heteroatoms. The summed E-state index contributed by atoms with van der Waals surface area (Å²) < 4.78 is 32.5. The number of esters is 1. The molecule has 0 saturated heterocycles. The largest absolute Gasteiger partial charge is 0.481 e. The second-order valence-electron chi connectivity index (χ2n) is 6.37. The van der Waals surface area contributed by atoms with Crippen LogP contribution in [0.4, 0.5) is 0 Å². The summed E-state index contributed by atoms with van der Waals surface area (Å²) in [7, 11) is -3.84. The zero-order chi connectivity index (χ0) is 20.6. The first-order chi connectivity index (χ1) is 13.3. The van der Waals surface area contributed by atoms with E-state index in [4.69, 9.17) is 9.84 Å². The normalized spacial score (nSPS) is 12.3. The van der Waals surface area contributed by atoms with Gasteiger partial charge < -0.3 is 9.84 Å². The van der Waals surface area contributed by atoms with Gasteiger partial charge in [0.25, 0.3) is 0 Å². The molecule has 0 amide bonds. The van der Waals surface area contributed by atoms with E-state index in [1.54, 1.807) is 42.5 Å². The van der Waals surface area contributed by atoms with Crippen LogP contribution in [-0.2, 0) is 19.6 Å². The van der Waals surface area contributed by atoms with E-state index in [9.17, 15) is 18.0 Å². The molecule has 2 N–H and O–H groups in total. The van der Waals surface area contributed by atoms with Gasteiger partial charge in [0, 0.05) is 6.04 Å². The summed E-state index contributed by atoms with van der Waals surface area (Å²) in [5.41, 5.74) is 1.34. The number of rotatable bonds is 10. The highest BCUT2D eigenvalue weighted by molar-refractivity contribution is 7.89. The molecule has 0 fully saturated rings. The Morgan fingerprint density at radius 1 is 1.07 bits per heavy atom. The molecule has 1 unspecified atom stereocenters. The van der Waals surface area contributed by atoms with Crippen LogP contribution in [0.3, 0.4) is 0 Å². The Kier molecular flexibility index (Phi) is 7.71. The molecular formula is C20H23NO6S. The monoisotopic (exact) mass is 405 g/mol. The number of aryl methyl sites for hydroxylation is 1. The van der Waals surface area contributed by atoms with Gasteiger partial charge in [0.15, 0.2) is 0 Å². The van der Waals surface area contributed by atoms with Gasteiger partial charge in [-0.2, -0.15) is 0 Å². The maximum atomic E-state index is 12.5. The maximum Gasteiger partial charge on any atom is 0.338 e. The number of carbonyl (C=O) groups excluding carboxylic acids is 1. The maximum absolute atomic E-state index is 12.5. The van der Waals surface area contributed by atoms with Gasteiger partial charge in [0.05, 0.1) is 23.5 Å². The molecule has 0 aliphatic carbocycles. The Morgan fingerprint density at radius 2 is 1.71 bits per heavy atom. The van der Waals surface area contributed by atoms with Gasteiger partial charge in [-0.3, -0.25) is 4.79 Å². The van der Waals surface area contributed by atoms with Gasteiger partial charge in [-0.1, -0.05) is 35.9 Å². The van der Waals surface area contributed by atoms with E-state index in [0.717, 1.165) is 5.56 Å². The molecule has 0 saturated carbocycles. The van der Waals surface area contributed by atoms with Gasteiger partial charge in [-0.05, 0) is 44.0 Å². The summed E-state index contributed by atoms with van der Waals surface area (Å²) in [5, 5.41) is 9.06. The van der Waals surface area contributed by atoms with Crippen LogP contribution in [0.25, 0.3) is 0 Å².